The quantitative estimate of drug-likeness (QED) is 0.669. The number of carbonyl (C=O) groups is 1. The van der Waals surface area contributed by atoms with Gasteiger partial charge in [0.15, 0.2) is 6.10 Å². The first-order valence-electron chi connectivity index (χ1n) is 8.31. The lowest BCUT2D eigenvalue weighted by Gasteiger charge is -2.20. The van der Waals surface area contributed by atoms with Gasteiger partial charge in [0.25, 0.3) is 5.91 Å². The molecule has 1 rings (SSSR count). The molecule has 0 aliphatic heterocycles. The topological polar surface area (TPSA) is 38.3 Å². The fourth-order valence-electron chi connectivity index (χ4n) is 2.32. The van der Waals surface area contributed by atoms with Gasteiger partial charge in [-0.2, -0.15) is 0 Å². The van der Waals surface area contributed by atoms with Crippen LogP contribution in [0.15, 0.2) is 24.3 Å². The molecule has 0 bridgehead atoms. The maximum atomic E-state index is 12.3. The number of rotatable bonds is 10. The van der Waals surface area contributed by atoms with Crippen LogP contribution in [0.4, 0.5) is 0 Å². The second kappa shape index (κ2) is 10.5. The Morgan fingerprint density at radius 2 is 1.95 bits per heavy atom. The largest absolute Gasteiger partial charge is 0.479 e. The van der Waals surface area contributed by atoms with Gasteiger partial charge in [0, 0.05) is 6.54 Å². The zero-order valence-corrected chi connectivity index (χ0v) is 14.7. The van der Waals surface area contributed by atoms with Gasteiger partial charge in [-0.25, -0.2) is 0 Å². The van der Waals surface area contributed by atoms with Crippen LogP contribution in [0.2, 0.25) is 5.02 Å². The second-order valence-electron chi connectivity index (χ2n) is 5.61. The Hall–Kier alpha value is -1.22. The summed E-state index contributed by atoms with van der Waals surface area (Å²) < 4.78 is 5.76. The minimum absolute atomic E-state index is 0.0580. The Labute approximate surface area is 139 Å². The first-order chi connectivity index (χ1) is 10.6. The monoisotopic (exact) mass is 325 g/mol. The van der Waals surface area contributed by atoms with Crippen molar-refractivity contribution in [3.05, 3.63) is 29.3 Å². The van der Waals surface area contributed by atoms with Gasteiger partial charge in [-0.1, -0.05) is 63.8 Å². The van der Waals surface area contributed by atoms with Crippen molar-refractivity contribution in [3.8, 4) is 5.75 Å². The summed E-state index contributed by atoms with van der Waals surface area (Å²) in [5, 5.41) is 3.56. The lowest BCUT2D eigenvalue weighted by atomic mass is 9.99. The van der Waals surface area contributed by atoms with Crippen LogP contribution in [0.3, 0.4) is 0 Å². The molecular formula is C18H28ClNO2. The average Bonchev–Trinajstić information content (AvgIpc) is 2.54. The highest BCUT2D eigenvalue weighted by Crippen LogP contribution is 2.24. The van der Waals surface area contributed by atoms with Crippen LogP contribution in [-0.2, 0) is 4.79 Å². The number of ether oxygens (including phenoxy) is 1. The maximum absolute atomic E-state index is 12.3. The van der Waals surface area contributed by atoms with Gasteiger partial charge in [-0.15, -0.1) is 0 Å². The summed E-state index contributed by atoms with van der Waals surface area (Å²) in [4.78, 5) is 12.3. The number of hydrogen-bond donors (Lipinski definition) is 1. The summed E-state index contributed by atoms with van der Waals surface area (Å²) >= 11 is 6.08. The number of hydrogen-bond acceptors (Lipinski definition) is 2. The van der Waals surface area contributed by atoms with E-state index in [0.29, 0.717) is 23.1 Å². The zero-order valence-electron chi connectivity index (χ0n) is 13.9. The molecule has 4 heteroatoms. The van der Waals surface area contributed by atoms with Gasteiger partial charge < -0.3 is 10.1 Å². The van der Waals surface area contributed by atoms with E-state index < -0.39 is 6.10 Å². The molecule has 22 heavy (non-hydrogen) atoms. The van der Waals surface area contributed by atoms with Gasteiger partial charge in [0.1, 0.15) is 5.75 Å². The van der Waals surface area contributed by atoms with Gasteiger partial charge in [0.2, 0.25) is 0 Å². The lowest BCUT2D eigenvalue weighted by molar-refractivity contribution is -0.128. The van der Waals surface area contributed by atoms with Crippen LogP contribution >= 0.6 is 11.6 Å². The third kappa shape index (κ3) is 6.27. The van der Waals surface area contributed by atoms with E-state index in [1.165, 1.54) is 12.8 Å². The molecule has 3 nitrogen and oxygen atoms in total. The van der Waals surface area contributed by atoms with Crippen molar-refractivity contribution < 1.29 is 9.53 Å². The van der Waals surface area contributed by atoms with Crippen LogP contribution in [0.5, 0.6) is 5.75 Å². The molecular weight excluding hydrogens is 298 g/mol. The molecule has 0 aliphatic rings. The maximum Gasteiger partial charge on any atom is 0.261 e. The Morgan fingerprint density at radius 3 is 2.55 bits per heavy atom. The number of nitrogens with one attached hydrogen (secondary N) is 1. The van der Waals surface area contributed by atoms with Crippen molar-refractivity contribution >= 4 is 17.5 Å². The molecule has 0 radical (unpaired) electrons. The zero-order chi connectivity index (χ0) is 16.4. The minimum atomic E-state index is -0.497. The molecule has 0 aromatic heterocycles. The average molecular weight is 326 g/mol. The Balaban J connectivity index is 2.52. The Bertz CT molecular complexity index is 450. The molecule has 124 valence electrons. The summed E-state index contributed by atoms with van der Waals surface area (Å²) in [5.74, 6) is 1.04. The van der Waals surface area contributed by atoms with Crippen LogP contribution < -0.4 is 10.1 Å². The van der Waals surface area contributed by atoms with Crippen molar-refractivity contribution in [2.24, 2.45) is 5.92 Å². The third-order valence-corrected chi connectivity index (χ3v) is 4.19. The smallest absolute Gasteiger partial charge is 0.261 e. The highest BCUT2D eigenvalue weighted by molar-refractivity contribution is 6.32. The van der Waals surface area contributed by atoms with Gasteiger partial charge in [-0.05, 0) is 30.9 Å². The molecule has 0 aliphatic carbocycles. The van der Waals surface area contributed by atoms with E-state index in [1.807, 2.05) is 19.1 Å². The molecule has 0 heterocycles. The van der Waals surface area contributed by atoms with Crippen molar-refractivity contribution in [1.82, 2.24) is 5.32 Å². The number of unbranched alkanes of at least 4 members (excludes halogenated alkanes) is 1. The highest BCUT2D eigenvalue weighted by Gasteiger charge is 2.20. The highest BCUT2D eigenvalue weighted by atomic mass is 35.5. The second-order valence-corrected chi connectivity index (χ2v) is 6.01. The number of carbonyl (C=O) groups excluding carboxylic acids is 1. The summed E-state index contributed by atoms with van der Waals surface area (Å²) in [7, 11) is 0. The molecule has 0 fully saturated rings. The predicted molar refractivity (Wildman–Crippen MR) is 92.5 cm³/mol. The number of benzene rings is 1. The van der Waals surface area contributed by atoms with E-state index in [9.17, 15) is 4.79 Å². The summed E-state index contributed by atoms with van der Waals surface area (Å²) in [6, 6.07) is 7.24. The van der Waals surface area contributed by atoms with Gasteiger partial charge in [0.05, 0.1) is 5.02 Å². The molecule has 0 saturated heterocycles. The normalized spacial score (nSPS) is 13.5. The Morgan fingerprint density at radius 1 is 1.23 bits per heavy atom. The lowest BCUT2D eigenvalue weighted by Crippen LogP contribution is -2.40. The van der Waals surface area contributed by atoms with Crippen LogP contribution in [0, 0.1) is 5.92 Å². The minimum Gasteiger partial charge on any atom is -0.479 e. The number of para-hydroxylation sites is 1. The molecule has 1 amide bonds. The molecule has 0 unspecified atom stereocenters. The molecule has 1 aromatic carbocycles. The standard InChI is InChI=1S/C18H28ClNO2/c1-4-7-10-14(5-2)13-20-18(21)16(6-3)22-17-12-9-8-11-15(17)19/h8-9,11-12,14,16H,4-7,10,13H2,1-3H3,(H,20,21)/t14-,16-/m0/s1. The van der Waals surface area contributed by atoms with E-state index in [-0.39, 0.29) is 5.91 Å². The van der Waals surface area contributed by atoms with E-state index >= 15 is 0 Å². The van der Waals surface area contributed by atoms with E-state index in [0.717, 1.165) is 19.4 Å². The van der Waals surface area contributed by atoms with E-state index in [1.54, 1.807) is 12.1 Å². The molecule has 1 aromatic rings. The molecule has 1 N–H and O–H groups in total. The predicted octanol–water partition coefficient (Wildman–Crippen LogP) is 4.83. The van der Waals surface area contributed by atoms with Crippen LogP contribution in [0.25, 0.3) is 0 Å². The number of amides is 1. The third-order valence-electron chi connectivity index (χ3n) is 3.88. The number of halogens is 1. The van der Waals surface area contributed by atoms with Crippen molar-refractivity contribution in [2.45, 2.75) is 59.0 Å². The van der Waals surface area contributed by atoms with Gasteiger partial charge in [-0.3, -0.25) is 4.79 Å². The first kappa shape index (κ1) is 18.8. The molecule has 2 atom stereocenters. The molecule has 0 saturated carbocycles. The first-order valence-corrected chi connectivity index (χ1v) is 8.68. The summed E-state index contributed by atoms with van der Waals surface area (Å²) in [5.41, 5.74) is 0. The molecule has 0 spiro atoms. The van der Waals surface area contributed by atoms with Crippen molar-refractivity contribution in [3.63, 3.8) is 0 Å². The fourth-order valence-corrected chi connectivity index (χ4v) is 2.50. The SMILES string of the molecule is CCCC[C@H](CC)CNC(=O)[C@H](CC)Oc1ccccc1Cl. The van der Waals surface area contributed by atoms with Crippen LogP contribution in [-0.4, -0.2) is 18.6 Å². The van der Waals surface area contributed by atoms with Crippen molar-refractivity contribution in [2.75, 3.05) is 6.54 Å². The summed E-state index contributed by atoms with van der Waals surface area (Å²) in [6.45, 7) is 7.02. The van der Waals surface area contributed by atoms with E-state index in [4.69, 9.17) is 16.3 Å². The fraction of sp³-hybridized carbons (Fsp3) is 0.611. The van der Waals surface area contributed by atoms with E-state index in [2.05, 4.69) is 19.2 Å². The Kier molecular flexibility index (Phi) is 8.98. The van der Waals surface area contributed by atoms with Crippen molar-refractivity contribution in [1.29, 1.82) is 0 Å². The van der Waals surface area contributed by atoms with Gasteiger partial charge >= 0.3 is 0 Å². The van der Waals surface area contributed by atoms with Crippen LogP contribution in [0.1, 0.15) is 52.9 Å². The summed E-state index contributed by atoms with van der Waals surface area (Å²) in [6.07, 6.45) is 4.77.